The molecule has 1 aliphatic heterocycles. The number of nitrogens with zero attached hydrogens (tertiary/aromatic N) is 1. The molecule has 0 saturated carbocycles. The number of anilines is 3. The number of amides is 2. The Morgan fingerprint density at radius 2 is 1.96 bits per heavy atom. The summed E-state index contributed by atoms with van der Waals surface area (Å²) in [6.07, 6.45) is 0.836. The Labute approximate surface area is 155 Å². The fraction of sp³-hybridized carbons (Fsp3) is 0.263. The van der Waals surface area contributed by atoms with Crippen molar-refractivity contribution in [2.24, 2.45) is 0 Å². The third-order valence-electron chi connectivity index (χ3n) is 4.22. The predicted octanol–water partition coefficient (Wildman–Crippen LogP) is 3.80. The molecule has 0 unspecified atom stereocenters. The Morgan fingerprint density at radius 3 is 2.68 bits per heavy atom. The summed E-state index contributed by atoms with van der Waals surface area (Å²) in [5.74, 6) is -0.0508. The van der Waals surface area contributed by atoms with E-state index in [1.165, 1.54) is 0 Å². The maximum Gasteiger partial charge on any atom is 0.246 e. The van der Waals surface area contributed by atoms with Crippen molar-refractivity contribution in [1.29, 1.82) is 0 Å². The molecule has 130 valence electrons. The first-order valence-corrected chi connectivity index (χ1v) is 8.97. The molecule has 5 nitrogen and oxygen atoms in total. The van der Waals surface area contributed by atoms with Crippen LogP contribution in [0.5, 0.6) is 0 Å². The molecule has 0 aromatic heterocycles. The Hall–Kier alpha value is -2.34. The second kappa shape index (κ2) is 7.27. The van der Waals surface area contributed by atoms with Crippen LogP contribution in [-0.4, -0.2) is 24.4 Å². The molecule has 1 aliphatic rings. The minimum atomic E-state index is -0.387. The first-order chi connectivity index (χ1) is 11.9. The predicted molar refractivity (Wildman–Crippen MR) is 104 cm³/mol. The average molecular weight is 402 g/mol. The van der Waals surface area contributed by atoms with E-state index in [4.69, 9.17) is 0 Å². The summed E-state index contributed by atoms with van der Waals surface area (Å²) in [6.45, 7) is 4.12. The molecule has 0 radical (unpaired) electrons. The Kier molecular flexibility index (Phi) is 5.08. The lowest BCUT2D eigenvalue weighted by Gasteiger charge is -2.18. The maximum absolute atomic E-state index is 12.4. The topological polar surface area (TPSA) is 61.4 Å². The van der Waals surface area contributed by atoms with Crippen LogP contribution in [0.3, 0.4) is 0 Å². The highest BCUT2D eigenvalue weighted by Crippen LogP contribution is 2.30. The zero-order chi connectivity index (χ0) is 18.0. The first-order valence-electron chi connectivity index (χ1n) is 8.18. The molecule has 25 heavy (non-hydrogen) atoms. The standard InChI is InChI=1S/C19H20BrN3O2/c1-12(19(25)22-16-5-3-4-15(20)11-16)21-17-6-7-18-14(10-17)8-9-23(18)13(2)24/h3-7,10-12,21H,8-9H2,1-2H3,(H,22,25)/t12-/m0/s1. The van der Waals surface area contributed by atoms with Gasteiger partial charge in [0.05, 0.1) is 0 Å². The van der Waals surface area contributed by atoms with Crippen LogP contribution in [0.2, 0.25) is 0 Å². The van der Waals surface area contributed by atoms with Crippen LogP contribution < -0.4 is 15.5 Å². The summed E-state index contributed by atoms with van der Waals surface area (Å²) in [4.78, 5) is 25.8. The highest BCUT2D eigenvalue weighted by atomic mass is 79.9. The lowest BCUT2D eigenvalue weighted by Crippen LogP contribution is -2.31. The summed E-state index contributed by atoms with van der Waals surface area (Å²) >= 11 is 3.39. The highest BCUT2D eigenvalue weighted by Gasteiger charge is 2.22. The van der Waals surface area contributed by atoms with Crippen molar-refractivity contribution in [2.75, 3.05) is 22.1 Å². The number of carbonyl (C=O) groups excluding carboxylic acids is 2. The van der Waals surface area contributed by atoms with E-state index in [2.05, 4.69) is 26.6 Å². The number of carbonyl (C=O) groups is 2. The number of hydrogen-bond donors (Lipinski definition) is 2. The van der Waals surface area contributed by atoms with E-state index in [9.17, 15) is 9.59 Å². The second-order valence-corrected chi connectivity index (χ2v) is 7.05. The number of fused-ring (bicyclic) bond motifs is 1. The number of nitrogens with one attached hydrogen (secondary N) is 2. The first kappa shape index (κ1) is 17.5. The van der Waals surface area contributed by atoms with E-state index in [1.807, 2.05) is 49.4 Å². The molecule has 2 aromatic rings. The Morgan fingerprint density at radius 1 is 1.16 bits per heavy atom. The second-order valence-electron chi connectivity index (χ2n) is 6.13. The summed E-state index contributed by atoms with van der Waals surface area (Å²) in [5, 5.41) is 6.12. The van der Waals surface area contributed by atoms with Gasteiger partial charge in [-0.3, -0.25) is 9.59 Å². The van der Waals surface area contributed by atoms with Gasteiger partial charge in [-0.05, 0) is 55.3 Å². The minimum Gasteiger partial charge on any atom is -0.374 e. The Balaban J connectivity index is 1.66. The van der Waals surface area contributed by atoms with Crippen LogP contribution in [0.15, 0.2) is 46.9 Å². The summed E-state index contributed by atoms with van der Waals surface area (Å²) in [7, 11) is 0. The van der Waals surface area contributed by atoms with Gasteiger partial charge in [0.25, 0.3) is 0 Å². The van der Waals surface area contributed by atoms with Gasteiger partial charge in [0.1, 0.15) is 6.04 Å². The minimum absolute atomic E-state index is 0.0567. The summed E-state index contributed by atoms with van der Waals surface area (Å²) in [5.41, 5.74) is 3.71. The number of rotatable bonds is 4. The highest BCUT2D eigenvalue weighted by molar-refractivity contribution is 9.10. The average Bonchev–Trinajstić information content (AvgIpc) is 2.98. The number of benzene rings is 2. The zero-order valence-electron chi connectivity index (χ0n) is 14.2. The molecular weight excluding hydrogens is 382 g/mol. The van der Waals surface area contributed by atoms with Crippen molar-refractivity contribution >= 4 is 44.8 Å². The van der Waals surface area contributed by atoms with Gasteiger partial charge in [-0.1, -0.05) is 22.0 Å². The van der Waals surface area contributed by atoms with Gasteiger partial charge in [0.15, 0.2) is 0 Å². The van der Waals surface area contributed by atoms with Crippen LogP contribution in [0.1, 0.15) is 19.4 Å². The van der Waals surface area contributed by atoms with E-state index in [-0.39, 0.29) is 17.9 Å². The molecular formula is C19H20BrN3O2. The van der Waals surface area contributed by atoms with Crippen LogP contribution in [0, 0.1) is 0 Å². The summed E-state index contributed by atoms with van der Waals surface area (Å²) < 4.78 is 0.916. The van der Waals surface area contributed by atoms with E-state index >= 15 is 0 Å². The maximum atomic E-state index is 12.4. The van der Waals surface area contributed by atoms with Gasteiger partial charge in [-0.25, -0.2) is 0 Å². The van der Waals surface area contributed by atoms with Crippen molar-refractivity contribution in [3.05, 3.63) is 52.5 Å². The van der Waals surface area contributed by atoms with Gasteiger partial charge >= 0.3 is 0 Å². The zero-order valence-corrected chi connectivity index (χ0v) is 15.8. The molecule has 0 fully saturated rings. The quantitative estimate of drug-likeness (QED) is 0.818. The SMILES string of the molecule is CC(=O)N1CCc2cc(N[C@@H](C)C(=O)Nc3cccc(Br)c3)ccc21. The van der Waals surface area contributed by atoms with Crippen LogP contribution in [0.25, 0.3) is 0 Å². The van der Waals surface area contributed by atoms with Crippen LogP contribution in [-0.2, 0) is 16.0 Å². The van der Waals surface area contributed by atoms with Crippen molar-refractivity contribution in [2.45, 2.75) is 26.3 Å². The van der Waals surface area contributed by atoms with Crippen LogP contribution >= 0.6 is 15.9 Å². The molecule has 2 aromatic carbocycles. The number of halogens is 1. The molecule has 6 heteroatoms. The third-order valence-corrected chi connectivity index (χ3v) is 4.72. The van der Waals surface area contributed by atoms with E-state index < -0.39 is 0 Å². The molecule has 1 heterocycles. The van der Waals surface area contributed by atoms with Crippen molar-refractivity contribution in [3.8, 4) is 0 Å². The molecule has 0 bridgehead atoms. The molecule has 2 N–H and O–H groups in total. The van der Waals surface area contributed by atoms with E-state index in [1.54, 1.807) is 11.8 Å². The molecule has 2 amide bonds. The third kappa shape index (κ3) is 4.02. The number of hydrogen-bond acceptors (Lipinski definition) is 3. The lowest BCUT2D eigenvalue weighted by atomic mass is 10.1. The molecule has 0 aliphatic carbocycles. The van der Waals surface area contributed by atoms with Crippen molar-refractivity contribution in [3.63, 3.8) is 0 Å². The fourth-order valence-electron chi connectivity index (χ4n) is 2.95. The van der Waals surface area contributed by atoms with Gasteiger partial charge in [0, 0.05) is 35.0 Å². The lowest BCUT2D eigenvalue weighted by molar-refractivity contribution is -0.117. The van der Waals surface area contributed by atoms with Gasteiger partial charge in [0.2, 0.25) is 11.8 Å². The van der Waals surface area contributed by atoms with Crippen LogP contribution in [0.4, 0.5) is 17.1 Å². The normalized spacial score (nSPS) is 14.0. The molecule has 3 rings (SSSR count). The van der Waals surface area contributed by atoms with Gasteiger partial charge < -0.3 is 15.5 Å². The molecule has 1 atom stereocenters. The fourth-order valence-corrected chi connectivity index (χ4v) is 3.35. The largest absolute Gasteiger partial charge is 0.374 e. The van der Waals surface area contributed by atoms with E-state index in [0.29, 0.717) is 6.54 Å². The van der Waals surface area contributed by atoms with Crippen molar-refractivity contribution in [1.82, 2.24) is 0 Å². The molecule has 0 saturated heterocycles. The van der Waals surface area contributed by atoms with Gasteiger partial charge in [-0.2, -0.15) is 0 Å². The molecule has 0 spiro atoms. The smallest absolute Gasteiger partial charge is 0.246 e. The Bertz CT molecular complexity index is 822. The van der Waals surface area contributed by atoms with Crippen molar-refractivity contribution < 1.29 is 9.59 Å². The summed E-state index contributed by atoms with van der Waals surface area (Å²) in [6, 6.07) is 13.0. The monoisotopic (exact) mass is 401 g/mol. The van der Waals surface area contributed by atoms with E-state index in [0.717, 1.165) is 33.5 Å². The van der Waals surface area contributed by atoms with Gasteiger partial charge in [-0.15, -0.1) is 0 Å².